The largest absolute Gasteiger partial charge is 0.381 e. The van der Waals surface area contributed by atoms with E-state index in [0.717, 1.165) is 31.7 Å². The average molecular weight is 258 g/mol. The van der Waals surface area contributed by atoms with Crippen molar-refractivity contribution in [3.8, 4) is 0 Å². The first-order valence-corrected chi connectivity index (χ1v) is 7.84. The van der Waals surface area contributed by atoms with Gasteiger partial charge in [-0.15, -0.1) is 0 Å². The number of hydrogen-bond acceptors (Lipinski definition) is 2. The highest BCUT2D eigenvalue weighted by Gasteiger charge is 2.09. The van der Waals surface area contributed by atoms with Crippen LogP contribution < -0.4 is 0 Å². The zero-order valence-corrected chi connectivity index (χ0v) is 11.2. The number of halogens is 1. The van der Waals surface area contributed by atoms with E-state index in [1.165, 1.54) is 5.56 Å². The minimum absolute atomic E-state index is 0.199. The van der Waals surface area contributed by atoms with Gasteiger partial charge in [-0.25, -0.2) is 0 Å². The van der Waals surface area contributed by atoms with Crippen molar-refractivity contribution in [3.63, 3.8) is 0 Å². The minimum atomic E-state index is -0.244. The predicted molar refractivity (Wildman–Crippen MR) is 70.4 cm³/mol. The van der Waals surface area contributed by atoms with Crippen molar-refractivity contribution >= 4 is 7.92 Å². The van der Waals surface area contributed by atoms with Crippen molar-refractivity contribution in [2.45, 2.75) is 13.1 Å². The first-order valence-electron chi connectivity index (χ1n) is 5.94. The first kappa shape index (κ1) is 14.6. The van der Waals surface area contributed by atoms with Gasteiger partial charge in [-0.3, -0.25) is 0 Å². The molecule has 1 unspecified atom stereocenters. The number of ether oxygens (including phenoxy) is 1. The molecule has 0 aliphatic carbocycles. The monoisotopic (exact) mass is 258 g/mol. The van der Waals surface area contributed by atoms with Gasteiger partial charge in [0.1, 0.15) is 0 Å². The van der Waals surface area contributed by atoms with Gasteiger partial charge in [0, 0.05) is 6.61 Å². The third-order valence-electron chi connectivity index (χ3n) is 2.49. The Labute approximate surface area is 104 Å². The molecule has 0 fully saturated rings. The van der Waals surface area contributed by atoms with Gasteiger partial charge in [-0.2, -0.15) is 4.94 Å². The van der Waals surface area contributed by atoms with Crippen LogP contribution in [0, 0.1) is 0 Å². The summed E-state index contributed by atoms with van der Waals surface area (Å²) in [6, 6.07) is 10.3. The van der Waals surface area contributed by atoms with Crippen LogP contribution in [0.2, 0.25) is 0 Å². The molecule has 4 heteroatoms. The average Bonchev–Trinajstić information content (AvgIpc) is 2.37. The molecule has 1 aromatic carbocycles. The van der Waals surface area contributed by atoms with Gasteiger partial charge in [0.25, 0.3) is 0 Å². The Hall–Kier alpha value is -0.500. The van der Waals surface area contributed by atoms with Crippen LogP contribution in [0.25, 0.3) is 0 Å². The molecule has 0 heterocycles. The summed E-state index contributed by atoms with van der Waals surface area (Å²) < 4.78 is 17.1. The molecule has 2 nitrogen and oxygen atoms in total. The number of rotatable bonds is 9. The number of benzene rings is 1. The molecule has 0 bridgehead atoms. The van der Waals surface area contributed by atoms with Crippen molar-refractivity contribution in [1.82, 2.24) is 0 Å². The van der Waals surface area contributed by atoms with Gasteiger partial charge in [0.2, 0.25) is 0 Å². The van der Waals surface area contributed by atoms with Crippen LogP contribution >= 0.6 is 7.92 Å². The molecule has 1 rings (SSSR count). The maximum absolute atomic E-state index is 11.8. The molecule has 0 saturated carbocycles. The fourth-order valence-electron chi connectivity index (χ4n) is 1.61. The smallest absolute Gasteiger partial charge is 0.0915 e. The van der Waals surface area contributed by atoms with E-state index in [4.69, 9.17) is 4.74 Å². The van der Waals surface area contributed by atoms with Gasteiger partial charge < -0.3 is 4.74 Å². The maximum atomic E-state index is 11.8. The molecule has 0 spiro atoms. The maximum Gasteiger partial charge on any atom is 0.0915 e. The Morgan fingerprint density at radius 2 is 1.82 bits per heavy atom. The normalized spacial score (nSPS) is 12.6. The molecule has 0 N–H and O–H groups in total. The van der Waals surface area contributed by atoms with Crippen LogP contribution in [0.4, 0.5) is 4.53 Å². The molecule has 96 valence electrons. The van der Waals surface area contributed by atoms with Crippen LogP contribution in [-0.4, -0.2) is 32.1 Å². The molecule has 0 radical (unpaired) electrons. The van der Waals surface area contributed by atoms with Gasteiger partial charge >= 0.3 is 0 Å². The molecule has 1 aromatic rings. The SMILES string of the molecule is CCOCCP(CCOF)Cc1ccccc1. The lowest BCUT2D eigenvalue weighted by Crippen LogP contribution is -2.04. The third kappa shape index (κ3) is 6.72. The van der Waals surface area contributed by atoms with E-state index in [9.17, 15) is 4.53 Å². The van der Waals surface area contributed by atoms with Crippen LogP contribution in [0.3, 0.4) is 0 Å². The standard InChI is InChI=1S/C13H20FO2P/c1-2-15-8-10-17(11-9-16-14)12-13-6-4-3-5-7-13/h3-7H,2,8-12H2,1H3. The Balaban J connectivity index is 2.39. The van der Waals surface area contributed by atoms with E-state index in [0.29, 0.717) is 0 Å². The molecule has 0 saturated heterocycles. The summed E-state index contributed by atoms with van der Waals surface area (Å²) in [4.78, 5) is 3.69. The molecule has 0 aromatic heterocycles. The summed E-state index contributed by atoms with van der Waals surface area (Å²) in [5.41, 5.74) is 1.31. The molecule has 1 atom stereocenters. The van der Waals surface area contributed by atoms with Crippen LogP contribution in [0.1, 0.15) is 12.5 Å². The van der Waals surface area contributed by atoms with Gasteiger partial charge in [-0.05, 0) is 35.5 Å². The van der Waals surface area contributed by atoms with Crippen LogP contribution in [0.15, 0.2) is 30.3 Å². The molecular weight excluding hydrogens is 238 g/mol. The van der Waals surface area contributed by atoms with Crippen LogP contribution in [-0.2, 0) is 15.8 Å². The quantitative estimate of drug-likeness (QED) is 0.497. The summed E-state index contributed by atoms with van der Waals surface area (Å²) in [5, 5.41) is 0. The lowest BCUT2D eigenvalue weighted by molar-refractivity contribution is -0.124. The summed E-state index contributed by atoms with van der Waals surface area (Å²) in [5.74, 6) is 0. The van der Waals surface area contributed by atoms with E-state index in [-0.39, 0.29) is 14.5 Å². The van der Waals surface area contributed by atoms with Crippen molar-refractivity contribution in [3.05, 3.63) is 35.9 Å². The molecular formula is C13H20FO2P. The Morgan fingerprint density at radius 3 is 2.47 bits per heavy atom. The van der Waals surface area contributed by atoms with E-state index < -0.39 is 0 Å². The fourth-order valence-corrected chi connectivity index (χ4v) is 3.59. The second-order valence-corrected chi connectivity index (χ2v) is 6.32. The van der Waals surface area contributed by atoms with Crippen LogP contribution in [0.5, 0.6) is 0 Å². The highest BCUT2D eigenvalue weighted by atomic mass is 31.1. The van der Waals surface area contributed by atoms with Crippen molar-refractivity contribution in [2.75, 3.05) is 32.1 Å². The predicted octanol–water partition coefficient (Wildman–Crippen LogP) is 3.61. The second-order valence-electron chi connectivity index (χ2n) is 3.77. The topological polar surface area (TPSA) is 18.5 Å². The van der Waals surface area contributed by atoms with Crippen molar-refractivity contribution in [2.24, 2.45) is 0 Å². The highest BCUT2D eigenvalue weighted by molar-refractivity contribution is 7.56. The highest BCUT2D eigenvalue weighted by Crippen LogP contribution is 2.39. The summed E-state index contributed by atoms with van der Waals surface area (Å²) in [6.07, 6.45) is 2.84. The Bertz CT molecular complexity index is 282. The lowest BCUT2D eigenvalue weighted by Gasteiger charge is -2.16. The number of hydrogen-bond donors (Lipinski definition) is 0. The molecule has 0 aliphatic heterocycles. The molecule has 0 amide bonds. The summed E-state index contributed by atoms with van der Waals surface area (Å²) in [7, 11) is -0.244. The zero-order chi connectivity index (χ0) is 12.3. The second kappa shape index (κ2) is 9.52. The van der Waals surface area contributed by atoms with E-state index in [1.807, 2.05) is 25.1 Å². The van der Waals surface area contributed by atoms with E-state index >= 15 is 0 Å². The minimum Gasteiger partial charge on any atom is -0.381 e. The van der Waals surface area contributed by atoms with E-state index in [2.05, 4.69) is 17.1 Å². The zero-order valence-electron chi connectivity index (χ0n) is 10.3. The lowest BCUT2D eigenvalue weighted by atomic mass is 10.2. The Morgan fingerprint density at radius 1 is 1.12 bits per heavy atom. The van der Waals surface area contributed by atoms with E-state index in [1.54, 1.807) is 0 Å². The van der Waals surface area contributed by atoms with Gasteiger partial charge in [-0.1, -0.05) is 38.3 Å². The summed E-state index contributed by atoms with van der Waals surface area (Å²) >= 11 is 0. The summed E-state index contributed by atoms with van der Waals surface area (Å²) in [6.45, 7) is 3.70. The third-order valence-corrected chi connectivity index (χ3v) is 4.93. The fraction of sp³-hybridized carbons (Fsp3) is 0.538. The van der Waals surface area contributed by atoms with Gasteiger partial charge in [0.15, 0.2) is 0 Å². The Kier molecular flexibility index (Phi) is 8.16. The molecule has 0 aliphatic rings. The van der Waals surface area contributed by atoms with Crippen molar-refractivity contribution < 1.29 is 14.2 Å². The molecule has 17 heavy (non-hydrogen) atoms. The van der Waals surface area contributed by atoms with Crippen molar-refractivity contribution in [1.29, 1.82) is 0 Å². The van der Waals surface area contributed by atoms with Gasteiger partial charge in [0.05, 0.1) is 13.2 Å². The first-order chi connectivity index (χ1) is 8.36.